The molecule has 2 unspecified atom stereocenters. The third kappa shape index (κ3) is 4.52. The van der Waals surface area contributed by atoms with Crippen molar-refractivity contribution in [2.24, 2.45) is 0 Å². The Balaban J connectivity index is 2.70. The molecule has 1 aromatic rings. The van der Waals surface area contributed by atoms with Crippen molar-refractivity contribution in [3.8, 4) is 0 Å². The molecule has 20 heavy (non-hydrogen) atoms. The molecule has 0 aliphatic heterocycles. The van der Waals surface area contributed by atoms with Gasteiger partial charge in [-0.05, 0) is 25.5 Å². The molecule has 0 aliphatic rings. The summed E-state index contributed by atoms with van der Waals surface area (Å²) in [5, 5.41) is 3.29. The van der Waals surface area contributed by atoms with E-state index in [9.17, 15) is 9.00 Å². The fourth-order valence-electron chi connectivity index (χ4n) is 1.68. The van der Waals surface area contributed by atoms with Crippen LogP contribution >= 0.6 is 0 Å². The van der Waals surface area contributed by atoms with Gasteiger partial charge in [-0.3, -0.25) is 4.21 Å². The lowest BCUT2D eigenvalue weighted by atomic mass is 10.1. The van der Waals surface area contributed by atoms with Gasteiger partial charge in [0.25, 0.3) is 0 Å². The van der Waals surface area contributed by atoms with Gasteiger partial charge in [0.1, 0.15) is 0 Å². The molecule has 112 valence electrons. The Bertz CT molecular complexity index is 491. The maximum absolute atomic E-state index is 11.7. The highest BCUT2D eigenvalue weighted by Gasteiger charge is 2.13. The van der Waals surface area contributed by atoms with E-state index in [4.69, 9.17) is 10.5 Å². The van der Waals surface area contributed by atoms with Crippen LogP contribution in [0.5, 0.6) is 0 Å². The van der Waals surface area contributed by atoms with Crippen LogP contribution in [0, 0.1) is 0 Å². The second-order valence-corrected chi connectivity index (χ2v) is 6.31. The number of rotatable bonds is 7. The molecule has 0 amide bonds. The van der Waals surface area contributed by atoms with Crippen LogP contribution in [0.1, 0.15) is 30.6 Å². The number of carbonyl (C=O) groups is 1. The summed E-state index contributed by atoms with van der Waals surface area (Å²) >= 11 is 0. The Labute approximate surface area is 122 Å². The molecular weight excluding hydrogens is 276 g/mol. The number of hydrogen-bond donors (Lipinski definition) is 2. The molecule has 1 rings (SSSR count). The van der Waals surface area contributed by atoms with Crippen LogP contribution in [0.3, 0.4) is 0 Å². The van der Waals surface area contributed by atoms with Crippen molar-refractivity contribution >= 4 is 28.1 Å². The van der Waals surface area contributed by atoms with E-state index < -0.39 is 16.8 Å². The molecule has 0 spiro atoms. The number of carbonyl (C=O) groups excluding carboxylic acids is 1. The van der Waals surface area contributed by atoms with E-state index in [0.29, 0.717) is 30.1 Å². The Hall–Kier alpha value is -1.56. The summed E-state index contributed by atoms with van der Waals surface area (Å²) in [7, 11) is -0.833. The molecule has 6 heteroatoms. The normalized spacial score (nSPS) is 13.6. The zero-order valence-corrected chi connectivity index (χ0v) is 13.0. The Kier molecular flexibility index (Phi) is 6.51. The van der Waals surface area contributed by atoms with Gasteiger partial charge >= 0.3 is 5.97 Å². The lowest BCUT2D eigenvalue weighted by Crippen LogP contribution is -2.16. The minimum atomic E-state index is -0.833. The molecule has 0 radical (unpaired) electrons. The Morgan fingerprint density at radius 2 is 2.20 bits per heavy atom. The SMILES string of the molecule is CCOC(=O)c1cccc(NCCC(C)S(C)=O)c1N. The van der Waals surface area contributed by atoms with Gasteiger partial charge in [-0.2, -0.15) is 0 Å². The standard InChI is InChI=1S/C14H22N2O3S/c1-4-19-14(17)11-6-5-7-12(13(11)15)16-9-8-10(2)20(3)18/h5-7,10,16H,4,8-9,15H2,1-3H3. The predicted octanol–water partition coefficient (Wildman–Crippen LogP) is 2.01. The summed E-state index contributed by atoms with van der Waals surface area (Å²) in [4.78, 5) is 11.7. The maximum atomic E-state index is 11.7. The molecule has 2 atom stereocenters. The van der Waals surface area contributed by atoms with Crippen molar-refractivity contribution in [3.63, 3.8) is 0 Å². The van der Waals surface area contributed by atoms with Crippen molar-refractivity contribution in [3.05, 3.63) is 23.8 Å². The number of nitrogens with one attached hydrogen (secondary N) is 1. The zero-order valence-electron chi connectivity index (χ0n) is 12.1. The zero-order chi connectivity index (χ0) is 15.1. The third-order valence-corrected chi connectivity index (χ3v) is 4.40. The summed E-state index contributed by atoms with van der Waals surface area (Å²) in [5.74, 6) is -0.420. The van der Waals surface area contributed by atoms with Crippen LogP contribution in [0.4, 0.5) is 11.4 Å². The van der Waals surface area contributed by atoms with Gasteiger partial charge in [-0.15, -0.1) is 0 Å². The highest BCUT2D eigenvalue weighted by atomic mass is 32.2. The van der Waals surface area contributed by atoms with E-state index in [-0.39, 0.29) is 5.25 Å². The quantitative estimate of drug-likeness (QED) is 0.594. The molecule has 0 saturated carbocycles. The van der Waals surface area contributed by atoms with Gasteiger partial charge in [-0.1, -0.05) is 13.0 Å². The first-order chi connectivity index (χ1) is 9.47. The minimum Gasteiger partial charge on any atom is -0.462 e. The van der Waals surface area contributed by atoms with Crippen LogP contribution in [0.15, 0.2) is 18.2 Å². The van der Waals surface area contributed by atoms with E-state index in [1.807, 2.05) is 13.0 Å². The molecule has 0 heterocycles. The van der Waals surface area contributed by atoms with Gasteiger partial charge in [-0.25, -0.2) is 4.79 Å². The van der Waals surface area contributed by atoms with E-state index >= 15 is 0 Å². The number of benzene rings is 1. The molecule has 0 aliphatic carbocycles. The molecule has 5 nitrogen and oxygen atoms in total. The largest absolute Gasteiger partial charge is 0.462 e. The number of nitrogen functional groups attached to an aromatic ring is 1. The number of anilines is 2. The van der Waals surface area contributed by atoms with E-state index in [1.165, 1.54) is 0 Å². The van der Waals surface area contributed by atoms with Crippen LogP contribution < -0.4 is 11.1 Å². The van der Waals surface area contributed by atoms with Crippen LogP contribution in [-0.2, 0) is 15.5 Å². The van der Waals surface area contributed by atoms with Gasteiger partial charge in [0, 0.05) is 28.9 Å². The minimum absolute atomic E-state index is 0.122. The molecule has 1 aromatic carbocycles. The highest BCUT2D eigenvalue weighted by molar-refractivity contribution is 7.84. The lowest BCUT2D eigenvalue weighted by molar-refractivity contribution is 0.0527. The number of hydrogen-bond acceptors (Lipinski definition) is 5. The van der Waals surface area contributed by atoms with Crippen molar-refractivity contribution in [2.45, 2.75) is 25.5 Å². The third-order valence-electron chi connectivity index (χ3n) is 3.03. The molecule has 3 N–H and O–H groups in total. The van der Waals surface area contributed by atoms with E-state index in [0.717, 1.165) is 6.42 Å². The van der Waals surface area contributed by atoms with E-state index in [2.05, 4.69) is 5.32 Å². The average molecular weight is 298 g/mol. The monoisotopic (exact) mass is 298 g/mol. The number of esters is 1. The first-order valence-corrected chi connectivity index (χ1v) is 8.21. The van der Waals surface area contributed by atoms with E-state index in [1.54, 1.807) is 25.3 Å². The van der Waals surface area contributed by atoms with Gasteiger partial charge < -0.3 is 15.8 Å². The molecule has 0 fully saturated rings. The maximum Gasteiger partial charge on any atom is 0.340 e. The number of nitrogens with two attached hydrogens (primary N) is 1. The van der Waals surface area contributed by atoms with Gasteiger partial charge in [0.15, 0.2) is 0 Å². The lowest BCUT2D eigenvalue weighted by Gasteiger charge is -2.14. The molecule has 0 aromatic heterocycles. The fourth-order valence-corrected chi connectivity index (χ4v) is 2.13. The Morgan fingerprint density at radius 1 is 1.50 bits per heavy atom. The molecule has 0 saturated heterocycles. The number of ether oxygens (including phenoxy) is 1. The van der Waals surface area contributed by atoms with Crippen molar-refractivity contribution in [1.82, 2.24) is 0 Å². The summed E-state index contributed by atoms with van der Waals surface area (Å²) in [6.45, 7) is 4.66. The summed E-state index contributed by atoms with van der Waals surface area (Å²) in [6.07, 6.45) is 2.46. The summed E-state index contributed by atoms with van der Waals surface area (Å²) in [6, 6.07) is 5.21. The second-order valence-electron chi connectivity index (χ2n) is 4.51. The summed E-state index contributed by atoms with van der Waals surface area (Å²) < 4.78 is 16.2. The average Bonchev–Trinajstić information content (AvgIpc) is 2.40. The van der Waals surface area contributed by atoms with Crippen LogP contribution in [0.2, 0.25) is 0 Å². The second kappa shape index (κ2) is 7.89. The van der Waals surface area contributed by atoms with Crippen LogP contribution in [0.25, 0.3) is 0 Å². The predicted molar refractivity (Wildman–Crippen MR) is 83.4 cm³/mol. The van der Waals surface area contributed by atoms with Crippen LogP contribution in [-0.4, -0.2) is 34.8 Å². The smallest absolute Gasteiger partial charge is 0.340 e. The molecule has 0 bridgehead atoms. The number of para-hydroxylation sites is 1. The highest BCUT2D eigenvalue weighted by Crippen LogP contribution is 2.23. The van der Waals surface area contributed by atoms with Crippen molar-refractivity contribution in [2.75, 3.05) is 30.5 Å². The topological polar surface area (TPSA) is 81.4 Å². The fraction of sp³-hybridized carbons (Fsp3) is 0.500. The molecular formula is C14H22N2O3S. The van der Waals surface area contributed by atoms with Crippen molar-refractivity contribution < 1.29 is 13.7 Å². The Morgan fingerprint density at radius 3 is 2.80 bits per heavy atom. The van der Waals surface area contributed by atoms with Gasteiger partial charge in [0.2, 0.25) is 0 Å². The first kappa shape index (κ1) is 16.5. The van der Waals surface area contributed by atoms with Crippen molar-refractivity contribution in [1.29, 1.82) is 0 Å². The van der Waals surface area contributed by atoms with Gasteiger partial charge in [0.05, 0.1) is 23.5 Å². The summed E-state index contributed by atoms with van der Waals surface area (Å²) in [5.41, 5.74) is 7.42. The first-order valence-electron chi connectivity index (χ1n) is 6.59.